The van der Waals surface area contributed by atoms with E-state index in [4.69, 9.17) is 9.84 Å². The monoisotopic (exact) mass is 324 g/mol. The third-order valence-electron chi connectivity index (χ3n) is 4.15. The van der Waals surface area contributed by atoms with Gasteiger partial charge >= 0.3 is 5.97 Å². The van der Waals surface area contributed by atoms with Gasteiger partial charge in [0.15, 0.2) is 0 Å². The van der Waals surface area contributed by atoms with E-state index in [0.29, 0.717) is 6.61 Å². The van der Waals surface area contributed by atoms with Crippen LogP contribution in [0.3, 0.4) is 0 Å². The summed E-state index contributed by atoms with van der Waals surface area (Å²) in [4.78, 5) is 15.5. The van der Waals surface area contributed by atoms with Crippen LogP contribution in [-0.2, 0) is 24.9 Å². The zero-order valence-corrected chi connectivity index (χ0v) is 14.0. The van der Waals surface area contributed by atoms with Crippen LogP contribution < -0.4 is 4.74 Å². The topological polar surface area (TPSA) is 64.3 Å². The van der Waals surface area contributed by atoms with E-state index in [1.807, 2.05) is 61.9 Å². The van der Waals surface area contributed by atoms with Gasteiger partial charge in [0.2, 0.25) is 0 Å². The van der Waals surface area contributed by atoms with E-state index in [1.165, 1.54) is 0 Å². The SMILES string of the molecule is Cc1cccc(C)c1OCc1nc2cc(CC(=O)O)ccc2n1C. The fourth-order valence-electron chi connectivity index (χ4n) is 2.87. The lowest BCUT2D eigenvalue weighted by atomic mass is 10.1. The molecule has 0 aliphatic carbocycles. The van der Waals surface area contributed by atoms with Gasteiger partial charge in [-0.05, 0) is 42.7 Å². The van der Waals surface area contributed by atoms with Crippen molar-refractivity contribution in [3.8, 4) is 5.75 Å². The second kappa shape index (κ2) is 6.35. The van der Waals surface area contributed by atoms with Crippen molar-refractivity contribution in [1.29, 1.82) is 0 Å². The molecular weight excluding hydrogens is 304 g/mol. The second-order valence-corrected chi connectivity index (χ2v) is 5.99. The van der Waals surface area contributed by atoms with E-state index < -0.39 is 5.97 Å². The summed E-state index contributed by atoms with van der Waals surface area (Å²) in [6.07, 6.45) is 0.000746. The number of aryl methyl sites for hydroxylation is 3. The van der Waals surface area contributed by atoms with Gasteiger partial charge in [0.05, 0.1) is 17.5 Å². The summed E-state index contributed by atoms with van der Waals surface area (Å²) in [7, 11) is 1.94. The summed E-state index contributed by atoms with van der Waals surface area (Å²) in [5.74, 6) is 0.847. The predicted molar refractivity (Wildman–Crippen MR) is 92.3 cm³/mol. The molecule has 1 heterocycles. The highest BCUT2D eigenvalue weighted by Crippen LogP contribution is 2.24. The van der Waals surface area contributed by atoms with Gasteiger partial charge in [-0.25, -0.2) is 4.98 Å². The van der Waals surface area contributed by atoms with Crippen molar-refractivity contribution in [1.82, 2.24) is 9.55 Å². The Kier molecular flexibility index (Phi) is 4.25. The maximum absolute atomic E-state index is 10.9. The first-order chi connectivity index (χ1) is 11.5. The lowest BCUT2D eigenvalue weighted by Gasteiger charge is -2.11. The fourth-order valence-corrected chi connectivity index (χ4v) is 2.87. The van der Waals surface area contributed by atoms with Crippen LogP contribution in [0.2, 0.25) is 0 Å². The quantitative estimate of drug-likeness (QED) is 0.781. The summed E-state index contributed by atoms with van der Waals surface area (Å²) in [6, 6.07) is 11.6. The molecule has 0 fully saturated rings. The molecule has 0 unspecified atom stereocenters. The van der Waals surface area contributed by atoms with E-state index in [2.05, 4.69) is 4.98 Å². The Balaban J connectivity index is 1.87. The minimum Gasteiger partial charge on any atom is -0.485 e. The third kappa shape index (κ3) is 3.11. The van der Waals surface area contributed by atoms with Crippen LogP contribution in [0, 0.1) is 13.8 Å². The molecule has 5 heteroatoms. The highest BCUT2D eigenvalue weighted by Gasteiger charge is 2.11. The van der Waals surface area contributed by atoms with Crippen LogP contribution in [0.5, 0.6) is 5.75 Å². The number of rotatable bonds is 5. The average Bonchev–Trinajstić information content (AvgIpc) is 2.82. The van der Waals surface area contributed by atoms with Gasteiger partial charge in [-0.1, -0.05) is 24.3 Å². The Bertz CT molecular complexity index is 892. The Hall–Kier alpha value is -2.82. The second-order valence-electron chi connectivity index (χ2n) is 5.99. The largest absolute Gasteiger partial charge is 0.485 e. The Labute approximate surface area is 140 Å². The van der Waals surface area contributed by atoms with Gasteiger partial charge in [0.25, 0.3) is 0 Å². The first kappa shape index (κ1) is 16.1. The van der Waals surface area contributed by atoms with Crippen LogP contribution in [0.1, 0.15) is 22.5 Å². The van der Waals surface area contributed by atoms with Crippen molar-refractivity contribution in [3.63, 3.8) is 0 Å². The number of hydrogen-bond donors (Lipinski definition) is 1. The van der Waals surface area contributed by atoms with Crippen LogP contribution >= 0.6 is 0 Å². The maximum Gasteiger partial charge on any atom is 0.307 e. The minimum atomic E-state index is -0.844. The molecule has 0 aliphatic heterocycles. The molecular formula is C19H20N2O3. The summed E-state index contributed by atoms with van der Waals surface area (Å²) in [5, 5.41) is 8.92. The van der Waals surface area contributed by atoms with Gasteiger partial charge in [-0.3, -0.25) is 4.79 Å². The summed E-state index contributed by atoms with van der Waals surface area (Å²) >= 11 is 0. The zero-order valence-electron chi connectivity index (χ0n) is 14.0. The number of carboxylic acid groups (broad SMARTS) is 1. The molecule has 5 nitrogen and oxygen atoms in total. The Morgan fingerprint density at radius 2 is 1.92 bits per heavy atom. The molecule has 3 rings (SSSR count). The standard InChI is InChI=1S/C19H20N2O3/c1-12-5-4-6-13(2)19(12)24-11-17-20-15-9-14(10-18(22)23)7-8-16(15)21(17)3/h4-9H,10-11H2,1-3H3,(H,22,23). The number of carbonyl (C=O) groups is 1. The molecule has 0 radical (unpaired) electrons. The number of fused-ring (bicyclic) bond motifs is 1. The molecule has 0 bridgehead atoms. The van der Waals surface area contributed by atoms with Crippen molar-refractivity contribution < 1.29 is 14.6 Å². The number of carboxylic acids is 1. The molecule has 0 saturated carbocycles. The molecule has 2 aromatic carbocycles. The molecule has 0 saturated heterocycles. The van der Waals surface area contributed by atoms with Gasteiger partial charge in [-0.15, -0.1) is 0 Å². The molecule has 1 aromatic heterocycles. The maximum atomic E-state index is 10.9. The van der Waals surface area contributed by atoms with E-state index in [-0.39, 0.29) is 6.42 Å². The van der Waals surface area contributed by atoms with Gasteiger partial charge in [0.1, 0.15) is 18.2 Å². The highest BCUT2D eigenvalue weighted by molar-refractivity contribution is 5.79. The van der Waals surface area contributed by atoms with Crippen LogP contribution in [0.15, 0.2) is 36.4 Å². The number of para-hydroxylation sites is 1. The van der Waals surface area contributed by atoms with E-state index >= 15 is 0 Å². The molecule has 0 aliphatic rings. The Morgan fingerprint density at radius 1 is 1.21 bits per heavy atom. The van der Waals surface area contributed by atoms with E-state index in [9.17, 15) is 4.79 Å². The smallest absolute Gasteiger partial charge is 0.307 e. The number of benzene rings is 2. The number of nitrogens with zero attached hydrogens (tertiary/aromatic N) is 2. The number of aliphatic carboxylic acids is 1. The van der Waals surface area contributed by atoms with Crippen molar-refractivity contribution >= 4 is 17.0 Å². The molecule has 0 spiro atoms. The molecule has 24 heavy (non-hydrogen) atoms. The molecule has 3 aromatic rings. The molecule has 124 valence electrons. The van der Waals surface area contributed by atoms with Crippen LogP contribution in [-0.4, -0.2) is 20.6 Å². The van der Waals surface area contributed by atoms with E-state index in [1.54, 1.807) is 0 Å². The van der Waals surface area contributed by atoms with Crippen molar-refractivity contribution in [2.45, 2.75) is 26.9 Å². The Morgan fingerprint density at radius 3 is 2.58 bits per heavy atom. The normalized spacial score (nSPS) is 11.0. The number of ether oxygens (including phenoxy) is 1. The lowest BCUT2D eigenvalue weighted by molar-refractivity contribution is -0.136. The highest BCUT2D eigenvalue weighted by atomic mass is 16.5. The molecule has 1 N–H and O–H groups in total. The first-order valence-corrected chi connectivity index (χ1v) is 7.80. The number of aromatic nitrogens is 2. The molecule has 0 amide bonds. The molecule has 0 atom stereocenters. The lowest BCUT2D eigenvalue weighted by Crippen LogP contribution is -2.05. The van der Waals surface area contributed by atoms with Gasteiger partial charge in [-0.2, -0.15) is 0 Å². The number of hydrogen-bond acceptors (Lipinski definition) is 3. The van der Waals surface area contributed by atoms with Crippen LogP contribution in [0.4, 0.5) is 0 Å². The number of imidazole rings is 1. The fraction of sp³-hybridized carbons (Fsp3) is 0.263. The van der Waals surface area contributed by atoms with Crippen molar-refractivity contribution in [2.24, 2.45) is 7.05 Å². The summed E-state index contributed by atoms with van der Waals surface area (Å²) in [6.45, 7) is 4.41. The third-order valence-corrected chi connectivity index (χ3v) is 4.15. The van der Waals surface area contributed by atoms with E-state index in [0.717, 1.165) is 39.3 Å². The van der Waals surface area contributed by atoms with Gasteiger partial charge < -0.3 is 14.4 Å². The summed E-state index contributed by atoms with van der Waals surface area (Å²) < 4.78 is 7.96. The zero-order chi connectivity index (χ0) is 17.3. The van der Waals surface area contributed by atoms with Crippen molar-refractivity contribution in [2.75, 3.05) is 0 Å². The van der Waals surface area contributed by atoms with Crippen LogP contribution in [0.25, 0.3) is 11.0 Å². The first-order valence-electron chi connectivity index (χ1n) is 7.80. The van der Waals surface area contributed by atoms with Gasteiger partial charge in [0, 0.05) is 7.05 Å². The minimum absolute atomic E-state index is 0.000746. The predicted octanol–water partition coefficient (Wildman–Crippen LogP) is 3.40. The van der Waals surface area contributed by atoms with Crippen molar-refractivity contribution in [3.05, 3.63) is 58.9 Å². The summed E-state index contributed by atoms with van der Waals surface area (Å²) in [5.41, 5.74) is 4.69. The average molecular weight is 324 g/mol.